The molecule has 298 valence electrons. The standard InChI is InChI=1S/C15H25FN2O22P4.C6H15N/c16-8-9(21)5(3-19)36-14(11(8)23)37-42(28,29)39-44(32,33)40-43(30,31)38-41(26,27)34-4-6-10(22)12(24)13(35-6)18-2-1-7(20)17-15(18)25;1-4-7(5-2)6-3/h1-2,5-6,8-14,19,21-24H,3-4H2,(H,26,27)(H,28,29)(H,30,31)(H,32,33)(H,17,20,25);4-6H2,1-3H3/t5-,6-,8+,9-,10-,11-,12-,13-,14-;/m1./s1. The van der Waals surface area contributed by atoms with Gasteiger partial charge in [-0.15, -0.1) is 0 Å². The zero-order valence-corrected chi connectivity index (χ0v) is 30.4. The average molecular weight is 829 g/mol. The highest BCUT2D eigenvalue weighted by Crippen LogP contribution is 2.71. The van der Waals surface area contributed by atoms with Crippen molar-refractivity contribution in [1.29, 1.82) is 0 Å². The van der Waals surface area contributed by atoms with Gasteiger partial charge in [0.2, 0.25) is 0 Å². The molecular formula is C21H40FN3O22P4. The van der Waals surface area contributed by atoms with E-state index in [0.717, 1.165) is 12.3 Å². The molecule has 0 spiro atoms. The lowest BCUT2D eigenvalue weighted by molar-refractivity contribution is -0.268. The Balaban J connectivity index is 0.00000116. The number of alkyl halides is 1. The van der Waals surface area contributed by atoms with E-state index in [4.69, 9.17) is 9.84 Å². The first kappa shape index (κ1) is 46.0. The lowest BCUT2D eigenvalue weighted by atomic mass is 10.0. The number of hydrogen-bond donors (Lipinski definition) is 10. The molecule has 30 heteroatoms. The minimum atomic E-state index is -6.32. The summed E-state index contributed by atoms with van der Waals surface area (Å²) in [5.74, 6) is 0. The smallest absolute Gasteiger partial charge is 0.394 e. The van der Waals surface area contributed by atoms with Crippen molar-refractivity contribution in [2.45, 2.75) is 76.1 Å². The molecule has 2 aliphatic heterocycles. The third-order valence-corrected chi connectivity index (χ3v) is 12.8. The second-order valence-corrected chi connectivity index (χ2v) is 16.5. The molecule has 0 aliphatic carbocycles. The zero-order valence-electron chi connectivity index (χ0n) is 26.8. The Hall–Kier alpha value is -1.15. The van der Waals surface area contributed by atoms with E-state index >= 15 is 0 Å². The van der Waals surface area contributed by atoms with Crippen molar-refractivity contribution in [1.82, 2.24) is 14.5 Å². The largest absolute Gasteiger partial charge is 0.490 e. The van der Waals surface area contributed by atoms with Gasteiger partial charge in [-0.3, -0.25) is 23.4 Å². The quantitative estimate of drug-likeness (QED) is 0.0788. The highest BCUT2D eigenvalue weighted by atomic mass is 31.3. The van der Waals surface area contributed by atoms with Crippen LogP contribution >= 0.6 is 31.3 Å². The van der Waals surface area contributed by atoms with Crippen molar-refractivity contribution in [2.75, 3.05) is 32.8 Å². The SMILES string of the molecule is CCN(CC)CC.O=c1ccn([C@@H]2O[C@H](COP(=O)(O)OP(=O)(O)OP(=O)(O)OP(=O)(O)O[C@H]3O[C@H](CO)[C@@H](O)[C@H](F)[C@H]3O)[C@@H](O)[C@H]2O)c(=O)[nH]1. The number of ether oxygens (including phenoxy) is 2. The number of aromatic nitrogens is 2. The van der Waals surface area contributed by atoms with E-state index < -0.39 is 111 Å². The molecule has 1 aromatic heterocycles. The number of aliphatic hydroxyl groups excluding tert-OH is 5. The fourth-order valence-corrected chi connectivity index (χ4v) is 9.31. The maximum atomic E-state index is 14.0. The molecule has 51 heavy (non-hydrogen) atoms. The number of phosphoric acid groups is 4. The van der Waals surface area contributed by atoms with E-state index in [0.29, 0.717) is 4.57 Å². The van der Waals surface area contributed by atoms with Crippen LogP contribution in [0.25, 0.3) is 0 Å². The van der Waals surface area contributed by atoms with Crippen molar-refractivity contribution in [3.8, 4) is 0 Å². The number of H-pyrrole nitrogens is 1. The summed E-state index contributed by atoms with van der Waals surface area (Å²) in [4.78, 5) is 65.9. The first-order chi connectivity index (χ1) is 23.4. The van der Waals surface area contributed by atoms with Crippen molar-refractivity contribution in [2.24, 2.45) is 0 Å². The first-order valence-corrected chi connectivity index (χ1v) is 20.5. The average Bonchev–Trinajstić information content (AvgIpc) is 3.28. The number of aromatic amines is 1. The zero-order chi connectivity index (χ0) is 39.1. The summed E-state index contributed by atoms with van der Waals surface area (Å²) in [6, 6.07) is 0.859. The predicted octanol–water partition coefficient (Wildman–Crippen LogP) is -2.23. The van der Waals surface area contributed by atoms with Crippen LogP contribution in [0.3, 0.4) is 0 Å². The van der Waals surface area contributed by atoms with E-state index in [1.165, 1.54) is 19.6 Å². The van der Waals surface area contributed by atoms with Crippen LogP contribution in [-0.4, -0.2) is 141 Å². The molecule has 25 nitrogen and oxygen atoms in total. The lowest BCUT2D eigenvalue weighted by Gasteiger charge is -2.38. The maximum Gasteiger partial charge on any atom is 0.490 e. The molecule has 0 aromatic carbocycles. The van der Waals surface area contributed by atoms with Crippen LogP contribution in [0.15, 0.2) is 21.9 Å². The fourth-order valence-electron chi connectivity index (χ4n) is 4.29. The summed E-state index contributed by atoms with van der Waals surface area (Å²) >= 11 is 0. The second kappa shape index (κ2) is 18.9. The molecule has 13 atom stereocenters. The van der Waals surface area contributed by atoms with Crippen molar-refractivity contribution in [3.05, 3.63) is 33.1 Å². The Morgan fingerprint density at radius 1 is 0.804 bits per heavy atom. The van der Waals surface area contributed by atoms with Crippen LogP contribution in [0.5, 0.6) is 0 Å². The third kappa shape index (κ3) is 13.6. The first-order valence-electron chi connectivity index (χ1n) is 14.5. The van der Waals surface area contributed by atoms with Gasteiger partial charge >= 0.3 is 37.0 Å². The number of hydrogen-bond acceptors (Lipinski definition) is 19. The molecule has 3 heterocycles. The van der Waals surface area contributed by atoms with Gasteiger partial charge in [0, 0.05) is 12.3 Å². The van der Waals surface area contributed by atoms with Gasteiger partial charge in [0.05, 0.1) is 13.2 Å². The molecule has 4 unspecified atom stereocenters. The van der Waals surface area contributed by atoms with Gasteiger partial charge in [-0.25, -0.2) is 27.4 Å². The summed E-state index contributed by atoms with van der Waals surface area (Å²) in [6.45, 7) is 7.80. The summed E-state index contributed by atoms with van der Waals surface area (Å²) in [5, 5.41) is 48.5. The molecule has 0 saturated carbocycles. The van der Waals surface area contributed by atoms with E-state index in [9.17, 15) is 72.2 Å². The Bertz CT molecular complexity index is 1590. The van der Waals surface area contributed by atoms with E-state index in [2.05, 4.69) is 52.4 Å². The highest BCUT2D eigenvalue weighted by Gasteiger charge is 2.51. The summed E-state index contributed by atoms with van der Waals surface area (Å²) < 4.78 is 92.3. The Kier molecular flexibility index (Phi) is 17.1. The molecule has 0 bridgehead atoms. The normalized spacial score (nSPS) is 32.9. The van der Waals surface area contributed by atoms with Gasteiger partial charge in [0.1, 0.15) is 36.6 Å². The number of nitrogens with one attached hydrogen (secondary N) is 1. The lowest BCUT2D eigenvalue weighted by Crippen LogP contribution is -2.57. The molecule has 1 aromatic rings. The van der Waals surface area contributed by atoms with E-state index in [1.807, 2.05) is 4.98 Å². The summed E-state index contributed by atoms with van der Waals surface area (Å²) in [6.07, 6.45) is -18.0. The van der Waals surface area contributed by atoms with Gasteiger partial charge in [-0.05, 0) is 19.6 Å². The second-order valence-electron chi connectivity index (χ2n) is 10.4. The van der Waals surface area contributed by atoms with E-state index in [-0.39, 0.29) is 0 Å². The molecule has 3 rings (SSSR count). The van der Waals surface area contributed by atoms with Crippen molar-refractivity contribution in [3.63, 3.8) is 0 Å². The van der Waals surface area contributed by atoms with Gasteiger partial charge in [0.25, 0.3) is 5.56 Å². The molecule has 0 radical (unpaired) electrons. The summed E-state index contributed by atoms with van der Waals surface area (Å²) in [5.41, 5.74) is -1.90. The molecule has 2 fully saturated rings. The van der Waals surface area contributed by atoms with Crippen molar-refractivity contribution < 1.29 is 99.2 Å². The van der Waals surface area contributed by atoms with Gasteiger partial charge in [0.15, 0.2) is 18.7 Å². The third-order valence-electron chi connectivity index (χ3n) is 6.86. The molecular weight excluding hydrogens is 789 g/mol. The van der Waals surface area contributed by atoms with Crippen LogP contribution in [0.4, 0.5) is 4.39 Å². The Labute approximate surface area is 287 Å². The fraction of sp³-hybridized carbons (Fsp3) is 0.810. The Morgan fingerprint density at radius 3 is 1.82 bits per heavy atom. The number of rotatable bonds is 16. The van der Waals surface area contributed by atoms with Crippen LogP contribution in [0, 0.1) is 0 Å². The van der Waals surface area contributed by atoms with Crippen LogP contribution in [-0.2, 0) is 49.7 Å². The summed E-state index contributed by atoms with van der Waals surface area (Å²) in [7, 11) is -24.5. The minimum absolute atomic E-state index is 0.633. The number of halogens is 1. The van der Waals surface area contributed by atoms with Gasteiger partial charge in [-0.2, -0.15) is 12.9 Å². The monoisotopic (exact) mass is 829 g/mol. The minimum Gasteiger partial charge on any atom is -0.394 e. The van der Waals surface area contributed by atoms with Crippen LogP contribution < -0.4 is 11.2 Å². The number of aliphatic hydroxyl groups is 5. The Morgan fingerprint density at radius 2 is 1.33 bits per heavy atom. The van der Waals surface area contributed by atoms with Gasteiger partial charge < -0.3 is 59.5 Å². The molecule has 2 aliphatic rings. The maximum absolute atomic E-state index is 14.0. The topological polar surface area (TPSA) is 373 Å². The molecule has 0 amide bonds. The molecule has 10 N–H and O–H groups in total. The van der Waals surface area contributed by atoms with Crippen molar-refractivity contribution >= 4 is 31.3 Å². The van der Waals surface area contributed by atoms with E-state index in [1.54, 1.807) is 0 Å². The highest BCUT2D eigenvalue weighted by molar-refractivity contribution is 7.69. The number of phosphoric ester groups is 2. The predicted molar refractivity (Wildman–Crippen MR) is 163 cm³/mol. The van der Waals surface area contributed by atoms with Crippen LogP contribution in [0.2, 0.25) is 0 Å². The molecule has 2 saturated heterocycles. The van der Waals surface area contributed by atoms with Gasteiger partial charge in [-0.1, -0.05) is 20.8 Å². The number of nitrogens with zero attached hydrogens (tertiary/aromatic N) is 2. The van der Waals surface area contributed by atoms with Crippen LogP contribution in [0.1, 0.15) is 27.0 Å².